The van der Waals surface area contributed by atoms with E-state index < -0.39 is 11.7 Å². The molecule has 0 saturated carbocycles. The summed E-state index contributed by atoms with van der Waals surface area (Å²) in [5.41, 5.74) is 1.16. The van der Waals surface area contributed by atoms with Crippen molar-refractivity contribution in [1.29, 1.82) is 0 Å². The van der Waals surface area contributed by atoms with Crippen LogP contribution in [0.1, 0.15) is 24.2 Å². The van der Waals surface area contributed by atoms with E-state index in [-0.39, 0.29) is 16.7 Å². The lowest BCUT2D eigenvalue weighted by atomic mass is 10.2. The summed E-state index contributed by atoms with van der Waals surface area (Å²) in [5.74, 6) is -0.600. The summed E-state index contributed by atoms with van der Waals surface area (Å²) in [5, 5.41) is 5.22. The lowest BCUT2D eigenvalue weighted by molar-refractivity contribution is -0.115. The Kier molecular flexibility index (Phi) is 7.67. The van der Waals surface area contributed by atoms with Crippen molar-refractivity contribution in [2.24, 2.45) is 0 Å². The Morgan fingerprint density at radius 3 is 2.35 bits per heavy atom. The maximum Gasteiger partial charge on any atom is 0.258 e. The first kappa shape index (κ1) is 22.4. The second kappa shape index (κ2) is 10.6. The van der Waals surface area contributed by atoms with E-state index in [0.717, 1.165) is 4.90 Å². The summed E-state index contributed by atoms with van der Waals surface area (Å²) < 4.78 is 19.3. The predicted molar refractivity (Wildman–Crippen MR) is 122 cm³/mol. The number of ether oxygens (including phenoxy) is 1. The normalized spacial score (nSPS) is 11.5. The molecule has 1 unspecified atom stereocenters. The zero-order valence-electron chi connectivity index (χ0n) is 17.2. The molecule has 3 aromatic carbocycles. The quantitative estimate of drug-likeness (QED) is 0.450. The van der Waals surface area contributed by atoms with Gasteiger partial charge in [-0.1, -0.05) is 24.3 Å². The van der Waals surface area contributed by atoms with E-state index in [1.807, 2.05) is 32.0 Å². The SMILES string of the molecule is CCOc1ccccc1NC(=O)C(C)Sc1ccc(NC(=O)c2ccccc2F)cc1. The van der Waals surface area contributed by atoms with Crippen molar-refractivity contribution in [3.63, 3.8) is 0 Å². The highest BCUT2D eigenvalue weighted by atomic mass is 32.2. The molecule has 0 heterocycles. The van der Waals surface area contributed by atoms with E-state index in [0.29, 0.717) is 23.7 Å². The summed E-state index contributed by atoms with van der Waals surface area (Å²) in [7, 11) is 0. The zero-order chi connectivity index (χ0) is 22.2. The Balaban J connectivity index is 1.58. The van der Waals surface area contributed by atoms with E-state index in [1.165, 1.54) is 30.0 Å². The fourth-order valence-corrected chi connectivity index (χ4v) is 3.67. The molecule has 0 radical (unpaired) electrons. The van der Waals surface area contributed by atoms with Gasteiger partial charge in [0.15, 0.2) is 0 Å². The van der Waals surface area contributed by atoms with Gasteiger partial charge in [-0.3, -0.25) is 9.59 Å². The molecule has 0 aliphatic heterocycles. The van der Waals surface area contributed by atoms with Crippen LogP contribution in [-0.2, 0) is 4.79 Å². The van der Waals surface area contributed by atoms with Crippen molar-refractivity contribution in [1.82, 2.24) is 0 Å². The number of nitrogens with one attached hydrogen (secondary N) is 2. The fourth-order valence-electron chi connectivity index (χ4n) is 2.80. The average molecular weight is 439 g/mol. The fraction of sp³-hybridized carbons (Fsp3) is 0.167. The highest BCUT2D eigenvalue weighted by Crippen LogP contribution is 2.28. The number of rotatable bonds is 8. The van der Waals surface area contributed by atoms with Crippen LogP contribution in [0.2, 0.25) is 0 Å². The maximum absolute atomic E-state index is 13.7. The summed E-state index contributed by atoms with van der Waals surface area (Å²) in [6, 6.07) is 20.2. The van der Waals surface area contributed by atoms with E-state index in [4.69, 9.17) is 4.74 Å². The van der Waals surface area contributed by atoms with Gasteiger partial charge in [0, 0.05) is 10.6 Å². The number of carbonyl (C=O) groups excluding carboxylic acids is 2. The minimum atomic E-state index is -0.571. The van der Waals surface area contributed by atoms with Gasteiger partial charge < -0.3 is 15.4 Å². The zero-order valence-corrected chi connectivity index (χ0v) is 18.0. The average Bonchev–Trinajstić information content (AvgIpc) is 2.77. The van der Waals surface area contributed by atoms with Crippen LogP contribution in [0, 0.1) is 5.82 Å². The van der Waals surface area contributed by atoms with Crippen molar-refractivity contribution < 1.29 is 18.7 Å². The largest absolute Gasteiger partial charge is 0.492 e. The molecular formula is C24H23FN2O3S. The number of anilines is 2. The third kappa shape index (κ3) is 6.08. The molecule has 0 fully saturated rings. The van der Waals surface area contributed by atoms with Crippen LogP contribution in [0.4, 0.5) is 15.8 Å². The van der Waals surface area contributed by atoms with Crippen LogP contribution < -0.4 is 15.4 Å². The summed E-state index contributed by atoms with van der Waals surface area (Å²) >= 11 is 1.39. The van der Waals surface area contributed by atoms with Crippen LogP contribution >= 0.6 is 11.8 Å². The summed E-state index contributed by atoms with van der Waals surface area (Å²) in [6.07, 6.45) is 0. The van der Waals surface area contributed by atoms with Crippen LogP contribution in [0.3, 0.4) is 0 Å². The van der Waals surface area contributed by atoms with Gasteiger partial charge >= 0.3 is 0 Å². The molecule has 31 heavy (non-hydrogen) atoms. The van der Waals surface area contributed by atoms with Gasteiger partial charge in [0.05, 0.1) is 23.1 Å². The highest BCUT2D eigenvalue weighted by molar-refractivity contribution is 8.00. The molecule has 1 atom stereocenters. The first-order chi connectivity index (χ1) is 15.0. The molecule has 3 rings (SSSR count). The van der Waals surface area contributed by atoms with Gasteiger partial charge in [-0.25, -0.2) is 4.39 Å². The molecular weight excluding hydrogens is 415 g/mol. The smallest absolute Gasteiger partial charge is 0.258 e. The molecule has 0 aliphatic rings. The molecule has 160 valence electrons. The van der Waals surface area contributed by atoms with Crippen LogP contribution in [-0.4, -0.2) is 23.7 Å². The molecule has 2 N–H and O–H groups in total. The lowest BCUT2D eigenvalue weighted by Crippen LogP contribution is -2.22. The molecule has 3 aromatic rings. The first-order valence-electron chi connectivity index (χ1n) is 9.83. The number of benzene rings is 3. The minimum Gasteiger partial charge on any atom is -0.492 e. The first-order valence-corrected chi connectivity index (χ1v) is 10.7. The van der Waals surface area contributed by atoms with Crippen molar-refractivity contribution >= 4 is 35.0 Å². The van der Waals surface area contributed by atoms with Crippen LogP contribution in [0.25, 0.3) is 0 Å². The molecule has 0 aromatic heterocycles. The molecule has 0 bridgehead atoms. The molecule has 0 saturated heterocycles. The Hall–Kier alpha value is -3.32. The highest BCUT2D eigenvalue weighted by Gasteiger charge is 2.17. The topological polar surface area (TPSA) is 67.4 Å². The van der Waals surface area contributed by atoms with Crippen molar-refractivity contribution in [2.75, 3.05) is 17.2 Å². The van der Waals surface area contributed by atoms with Gasteiger partial charge in [0.1, 0.15) is 11.6 Å². The van der Waals surface area contributed by atoms with E-state index in [9.17, 15) is 14.0 Å². The summed E-state index contributed by atoms with van der Waals surface area (Å²) in [4.78, 5) is 25.7. The van der Waals surface area contributed by atoms with Crippen molar-refractivity contribution in [2.45, 2.75) is 24.0 Å². The van der Waals surface area contributed by atoms with Gasteiger partial charge in [-0.2, -0.15) is 0 Å². The van der Waals surface area contributed by atoms with E-state index in [2.05, 4.69) is 10.6 Å². The number of carbonyl (C=O) groups is 2. The second-order valence-electron chi connectivity index (χ2n) is 6.64. The number of hydrogen-bond acceptors (Lipinski definition) is 4. The van der Waals surface area contributed by atoms with Crippen molar-refractivity contribution in [3.8, 4) is 5.75 Å². The molecule has 5 nitrogen and oxygen atoms in total. The predicted octanol–water partition coefficient (Wildman–Crippen LogP) is 5.60. The van der Waals surface area contributed by atoms with Gasteiger partial charge in [-0.15, -0.1) is 11.8 Å². The summed E-state index contributed by atoms with van der Waals surface area (Å²) in [6.45, 7) is 4.22. The monoisotopic (exact) mass is 438 g/mol. The van der Waals surface area contributed by atoms with Gasteiger partial charge in [-0.05, 0) is 62.4 Å². The van der Waals surface area contributed by atoms with E-state index >= 15 is 0 Å². The Labute approximate surface area is 185 Å². The Bertz CT molecular complexity index is 1060. The standard InChI is InChI=1S/C24H23FN2O3S/c1-3-30-22-11-7-6-10-21(22)27-23(28)16(2)31-18-14-12-17(13-15-18)26-24(29)19-8-4-5-9-20(19)25/h4-16H,3H2,1-2H3,(H,26,29)(H,27,28). The number of hydrogen-bond donors (Lipinski definition) is 2. The van der Waals surface area contributed by atoms with Crippen molar-refractivity contribution in [3.05, 3.63) is 84.2 Å². The third-order valence-electron chi connectivity index (χ3n) is 4.36. The molecule has 2 amide bonds. The molecule has 7 heteroatoms. The second-order valence-corrected chi connectivity index (χ2v) is 8.05. The van der Waals surface area contributed by atoms with Gasteiger partial charge in [0.2, 0.25) is 5.91 Å². The molecule has 0 aliphatic carbocycles. The number of halogens is 1. The Morgan fingerprint density at radius 2 is 1.65 bits per heavy atom. The van der Waals surface area contributed by atoms with Crippen LogP contribution in [0.15, 0.2) is 77.7 Å². The van der Waals surface area contributed by atoms with Gasteiger partial charge in [0.25, 0.3) is 5.91 Å². The van der Waals surface area contributed by atoms with Crippen LogP contribution in [0.5, 0.6) is 5.75 Å². The maximum atomic E-state index is 13.7. The Morgan fingerprint density at radius 1 is 0.968 bits per heavy atom. The number of thioether (sulfide) groups is 1. The molecule has 0 spiro atoms. The third-order valence-corrected chi connectivity index (χ3v) is 5.47. The number of para-hydroxylation sites is 2. The lowest BCUT2D eigenvalue weighted by Gasteiger charge is -2.15. The van der Waals surface area contributed by atoms with E-state index in [1.54, 1.807) is 36.4 Å². The minimum absolute atomic E-state index is 0.0152. The number of amides is 2.